The van der Waals surface area contributed by atoms with Gasteiger partial charge in [-0.2, -0.15) is 0 Å². The van der Waals surface area contributed by atoms with Crippen molar-refractivity contribution in [3.8, 4) is 17.2 Å². The smallest absolute Gasteiger partial charge is 0.300 e. The molecule has 2 unspecified atom stereocenters. The lowest BCUT2D eigenvalue weighted by Gasteiger charge is -2.27. The number of fused-ring (bicyclic) bond motifs is 2. The van der Waals surface area contributed by atoms with Gasteiger partial charge in [0.2, 0.25) is 0 Å². The summed E-state index contributed by atoms with van der Waals surface area (Å²) < 4.78 is 17.2. The topological polar surface area (TPSA) is 88.5 Å². The predicted molar refractivity (Wildman–Crippen MR) is 143 cm³/mol. The molecule has 3 heterocycles. The summed E-state index contributed by atoms with van der Waals surface area (Å²) in [5.41, 5.74) is 3.61. The number of ketones is 1. The van der Waals surface area contributed by atoms with Gasteiger partial charge in [0.05, 0.1) is 11.6 Å². The van der Waals surface area contributed by atoms with Crippen LogP contribution < -0.4 is 24.0 Å². The van der Waals surface area contributed by atoms with Crippen molar-refractivity contribution < 1.29 is 28.9 Å². The maximum absolute atomic E-state index is 13.5. The Hall–Kier alpha value is -4.46. The van der Waals surface area contributed by atoms with Crippen LogP contribution in [-0.2, 0) is 16.0 Å². The highest BCUT2D eigenvalue weighted by molar-refractivity contribution is 6.51. The number of hydrogen-bond acceptors (Lipinski definition) is 7. The zero-order chi connectivity index (χ0) is 26.6. The van der Waals surface area contributed by atoms with Gasteiger partial charge in [-0.15, -0.1) is 0 Å². The van der Waals surface area contributed by atoms with Crippen LogP contribution in [0, 0.1) is 0 Å². The fourth-order valence-electron chi connectivity index (χ4n) is 5.28. The van der Waals surface area contributed by atoms with Gasteiger partial charge in [-0.1, -0.05) is 12.1 Å². The van der Waals surface area contributed by atoms with Gasteiger partial charge in [-0.05, 0) is 60.5 Å². The van der Waals surface area contributed by atoms with Crippen LogP contribution in [0.15, 0.2) is 66.2 Å². The number of anilines is 2. The molecule has 38 heavy (non-hydrogen) atoms. The number of aliphatic hydroxyl groups excluding tert-OH is 1. The second kappa shape index (κ2) is 9.13. The standard InChI is InChI=1S/C30H28N2O6/c1-17-14-20-15-19(6-10-23(20)38-17)28(33)26-27(18-4-7-21(8-5-18)31(2)3)32(30(35)29(26)34)22-9-11-24-25(16-22)37-13-12-36-24/h4-11,15-17,27,33H,12-14H2,1-3H3/b28-26+. The Morgan fingerprint density at radius 2 is 1.63 bits per heavy atom. The largest absolute Gasteiger partial charge is 0.507 e. The first-order valence-electron chi connectivity index (χ1n) is 12.6. The number of ether oxygens (including phenoxy) is 3. The van der Waals surface area contributed by atoms with Crippen LogP contribution in [0.2, 0.25) is 0 Å². The molecule has 1 N–H and O–H groups in total. The van der Waals surface area contributed by atoms with E-state index in [4.69, 9.17) is 14.2 Å². The molecule has 8 heteroatoms. The van der Waals surface area contributed by atoms with Crippen molar-refractivity contribution in [1.29, 1.82) is 0 Å². The fourth-order valence-corrected chi connectivity index (χ4v) is 5.28. The highest BCUT2D eigenvalue weighted by atomic mass is 16.6. The Morgan fingerprint density at radius 1 is 0.921 bits per heavy atom. The van der Waals surface area contributed by atoms with Gasteiger partial charge >= 0.3 is 0 Å². The Bertz CT molecular complexity index is 1480. The molecule has 8 nitrogen and oxygen atoms in total. The van der Waals surface area contributed by atoms with Gasteiger partial charge in [0, 0.05) is 43.5 Å². The number of rotatable bonds is 4. The number of hydrogen-bond donors (Lipinski definition) is 1. The zero-order valence-electron chi connectivity index (χ0n) is 21.4. The second-order valence-electron chi connectivity index (χ2n) is 9.94. The maximum atomic E-state index is 13.5. The van der Waals surface area contributed by atoms with Gasteiger partial charge in [-0.25, -0.2) is 0 Å². The predicted octanol–water partition coefficient (Wildman–Crippen LogP) is 4.47. The van der Waals surface area contributed by atoms with Crippen molar-refractivity contribution in [3.63, 3.8) is 0 Å². The highest BCUT2D eigenvalue weighted by Gasteiger charge is 2.47. The van der Waals surface area contributed by atoms with Crippen molar-refractivity contribution in [2.75, 3.05) is 37.1 Å². The lowest BCUT2D eigenvalue weighted by atomic mass is 9.94. The molecule has 3 aromatic rings. The van der Waals surface area contributed by atoms with E-state index < -0.39 is 17.7 Å². The maximum Gasteiger partial charge on any atom is 0.300 e. The van der Waals surface area contributed by atoms with E-state index in [2.05, 4.69) is 0 Å². The van der Waals surface area contributed by atoms with Crippen LogP contribution in [0.5, 0.6) is 17.2 Å². The lowest BCUT2D eigenvalue weighted by Crippen LogP contribution is -2.29. The van der Waals surface area contributed by atoms with Crippen LogP contribution in [0.3, 0.4) is 0 Å². The number of aliphatic hydroxyl groups is 1. The van der Waals surface area contributed by atoms with Crippen LogP contribution in [0.25, 0.3) is 5.76 Å². The quantitative estimate of drug-likeness (QED) is 0.313. The molecule has 3 aliphatic heterocycles. The van der Waals surface area contributed by atoms with E-state index in [0.29, 0.717) is 47.9 Å². The average molecular weight is 513 g/mol. The Morgan fingerprint density at radius 3 is 2.37 bits per heavy atom. The van der Waals surface area contributed by atoms with Gasteiger partial charge in [0.15, 0.2) is 11.5 Å². The molecule has 0 aliphatic carbocycles. The summed E-state index contributed by atoms with van der Waals surface area (Å²) in [6.45, 7) is 2.82. The minimum Gasteiger partial charge on any atom is -0.507 e. The van der Waals surface area contributed by atoms with Gasteiger partial charge in [0.25, 0.3) is 11.7 Å². The molecular weight excluding hydrogens is 484 g/mol. The summed E-state index contributed by atoms with van der Waals surface area (Å²) in [5.74, 6) is 0.171. The van der Waals surface area contributed by atoms with Crippen LogP contribution in [0.4, 0.5) is 11.4 Å². The minimum absolute atomic E-state index is 0.0365. The molecule has 0 bridgehead atoms. The van der Waals surface area contributed by atoms with E-state index in [1.54, 1.807) is 30.3 Å². The molecule has 0 aromatic heterocycles. The second-order valence-corrected chi connectivity index (χ2v) is 9.94. The molecule has 6 rings (SSSR count). The number of carbonyl (C=O) groups is 2. The van der Waals surface area contributed by atoms with Crippen molar-refractivity contribution in [2.24, 2.45) is 0 Å². The highest BCUT2D eigenvalue weighted by Crippen LogP contribution is 2.45. The molecular formula is C30H28N2O6. The van der Waals surface area contributed by atoms with Gasteiger partial charge < -0.3 is 24.2 Å². The zero-order valence-corrected chi connectivity index (χ0v) is 21.4. The molecule has 0 radical (unpaired) electrons. The average Bonchev–Trinajstić information content (AvgIpc) is 3.43. The lowest BCUT2D eigenvalue weighted by molar-refractivity contribution is -0.132. The number of Topliss-reactive ketones (excluding diaryl/α,β-unsaturated/α-hetero) is 1. The summed E-state index contributed by atoms with van der Waals surface area (Å²) in [6.07, 6.45) is 0.746. The Labute approximate surface area is 220 Å². The first kappa shape index (κ1) is 23.9. The summed E-state index contributed by atoms with van der Waals surface area (Å²) >= 11 is 0. The molecule has 1 fully saturated rings. The summed E-state index contributed by atoms with van der Waals surface area (Å²) in [7, 11) is 3.88. The van der Waals surface area contributed by atoms with Crippen molar-refractivity contribution >= 4 is 28.8 Å². The third-order valence-corrected chi connectivity index (χ3v) is 7.14. The number of amides is 1. The molecule has 194 valence electrons. The Balaban J connectivity index is 1.50. The third kappa shape index (κ3) is 3.93. The third-order valence-electron chi connectivity index (χ3n) is 7.14. The first-order valence-corrected chi connectivity index (χ1v) is 12.6. The SMILES string of the molecule is CC1Cc2cc(/C(O)=C3\C(=O)C(=O)N(c4ccc5c(c4)OCCO5)C3c3ccc(N(C)C)cc3)ccc2O1. The minimum atomic E-state index is -0.836. The summed E-state index contributed by atoms with van der Waals surface area (Å²) in [6, 6.07) is 17.3. The Kier molecular flexibility index (Phi) is 5.75. The molecule has 0 spiro atoms. The van der Waals surface area contributed by atoms with Crippen molar-refractivity contribution in [1.82, 2.24) is 0 Å². The molecule has 0 saturated carbocycles. The normalized spacial score (nSPS) is 21.3. The fraction of sp³-hybridized carbons (Fsp3) is 0.267. The molecule has 3 aromatic carbocycles. The van der Waals surface area contributed by atoms with Crippen LogP contribution in [-0.4, -0.2) is 50.2 Å². The number of benzene rings is 3. The van der Waals surface area contributed by atoms with E-state index in [1.807, 2.05) is 56.3 Å². The van der Waals surface area contributed by atoms with E-state index in [9.17, 15) is 14.7 Å². The number of nitrogens with zero attached hydrogens (tertiary/aromatic N) is 2. The number of carbonyl (C=O) groups excluding carboxylic acids is 2. The van der Waals surface area contributed by atoms with E-state index >= 15 is 0 Å². The van der Waals surface area contributed by atoms with E-state index in [1.165, 1.54) is 4.90 Å². The van der Waals surface area contributed by atoms with Crippen LogP contribution >= 0.6 is 0 Å². The summed E-state index contributed by atoms with van der Waals surface area (Å²) in [5, 5.41) is 11.5. The van der Waals surface area contributed by atoms with E-state index in [-0.39, 0.29) is 17.4 Å². The molecule has 1 amide bonds. The van der Waals surface area contributed by atoms with Gasteiger partial charge in [0.1, 0.15) is 30.8 Å². The van der Waals surface area contributed by atoms with Crippen molar-refractivity contribution in [2.45, 2.75) is 25.5 Å². The first-order chi connectivity index (χ1) is 18.3. The molecule has 2 atom stereocenters. The molecule has 1 saturated heterocycles. The van der Waals surface area contributed by atoms with Crippen molar-refractivity contribution in [3.05, 3.63) is 82.9 Å². The molecule has 3 aliphatic rings. The monoisotopic (exact) mass is 512 g/mol. The van der Waals surface area contributed by atoms with E-state index in [0.717, 1.165) is 17.0 Å². The summed E-state index contributed by atoms with van der Waals surface area (Å²) in [4.78, 5) is 30.5. The van der Waals surface area contributed by atoms with Gasteiger partial charge in [-0.3, -0.25) is 14.5 Å². The van der Waals surface area contributed by atoms with Crippen LogP contribution in [0.1, 0.15) is 29.7 Å².